The van der Waals surface area contributed by atoms with Crippen LogP contribution in [0.3, 0.4) is 0 Å². The maximum atomic E-state index is 9.15. The smallest absolute Gasteiger partial charge is 0.103 e. The minimum absolute atomic E-state index is 0.544. The summed E-state index contributed by atoms with van der Waals surface area (Å²) in [5.74, 6) is 1.63. The van der Waals surface area contributed by atoms with Crippen molar-refractivity contribution in [2.24, 2.45) is 11.8 Å². The number of benzene rings is 1. The van der Waals surface area contributed by atoms with Gasteiger partial charge in [0.2, 0.25) is 0 Å². The standard InChI is InChI=1S/C14H15ClN2/c15-12-2-1-3-13(11(12)8-16)17-14(9-4-5-9)10-6-7-10/h1-3,9-10,14,17H,4-7H2. The Morgan fingerprint density at radius 2 is 1.88 bits per heavy atom. The lowest BCUT2D eigenvalue weighted by atomic mass is 10.1. The number of hydrogen-bond donors (Lipinski definition) is 1. The second kappa shape index (κ2) is 4.23. The van der Waals surface area contributed by atoms with Crippen LogP contribution in [-0.4, -0.2) is 6.04 Å². The van der Waals surface area contributed by atoms with Crippen molar-refractivity contribution in [2.75, 3.05) is 5.32 Å². The fourth-order valence-corrected chi connectivity index (χ4v) is 2.69. The van der Waals surface area contributed by atoms with Crippen LogP contribution >= 0.6 is 11.6 Å². The van der Waals surface area contributed by atoms with Gasteiger partial charge in [-0.3, -0.25) is 0 Å². The van der Waals surface area contributed by atoms with E-state index in [4.69, 9.17) is 16.9 Å². The Bertz CT molecular complexity index is 458. The Morgan fingerprint density at radius 1 is 1.24 bits per heavy atom. The van der Waals surface area contributed by atoms with Crippen molar-refractivity contribution in [2.45, 2.75) is 31.7 Å². The van der Waals surface area contributed by atoms with E-state index in [0.29, 0.717) is 16.6 Å². The lowest BCUT2D eigenvalue weighted by Crippen LogP contribution is -2.24. The summed E-state index contributed by atoms with van der Waals surface area (Å²) in [6, 6.07) is 8.39. The van der Waals surface area contributed by atoms with Gasteiger partial charge in [-0.15, -0.1) is 0 Å². The summed E-state index contributed by atoms with van der Waals surface area (Å²) >= 11 is 6.04. The van der Waals surface area contributed by atoms with Crippen LogP contribution in [0.25, 0.3) is 0 Å². The minimum atomic E-state index is 0.544. The number of halogens is 1. The Hall–Kier alpha value is -1.20. The van der Waals surface area contributed by atoms with E-state index in [9.17, 15) is 0 Å². The number of nitrogens with zero attached hydrogens (tertiary/aromatic N) is 1. The number of hydrogen-bond acceptors (Lipinski definition) is 2. The van der Waals surface area contributed by atoms with Gasteiger partial charge in [-0.05, 0) is 49.7 Å². The van der Waals surface area contributed by atoms with E-state index in [0.717, 1.165) is 17.5 Å². The van der Waals surface area contributed by atoms with Crippen LogP contribution in [0.4, 0.5) is 5.69 Å². The maximum absolute atomic E-state index is 9.15. The third-order valence-corrected chi connectivity index (χ3v) is 4.02. The van der Waals surface area contributed by atoms with Crippen LogP contribution in [0.15, 0.2) is 18.2 Å². The Kier molecular flexibility index (Phi) is 2.72. The maximum Gasteiger partial charge on any atom is 0.103 e. The molecule has 0 aromatic heterocycles. The summed E-state index contributed by atoms with van der Waals surface area (Å²) in [4.78, 5) is 0. The molecule has 2 saturated carbocycles. The van der Waals surface area contributed by atoms with Crippen molar-refractivity contribution in [3.8, 4) is 6.07 Å². The van der Waals surface area contributed by atoms with Crippen LogP contribution in [0.1, 0.15) is 31.2 Å². The van der Waals surface area contributed by atoms with E-state index >= 15 is 0 Å². The van der Waals surface area contributed by atoms with E-state index in [1.807, 2.05) is 12.1 Å². The number of rotatable bonds is 4. The zero-order chi connectivity index (χ0) is 11.8. The molecule has 0 unspecified atom stereocenters. The predicted octanol–water partition coefficient (Wildman–Crippen LogP) is 3.81. The fraction of sp³-hybridized carbons (Fsp3) is 0.500. The van der Waals surface area contributed by atoms with Crippen molar-refractivity contribution in [3.63, 3.8) is 0 Å². The molecule has 1 aromatic carbocycles. The van der Waals surface area contributed by atoms with E-state index in [1.54, 1.807) is 6.07 Å². The molecule has 2 fully saturated rings. The number of nitrogens with one attached hydrogen (secondary N) is 1. The average Bonchev–Trinajstić information content (AvgIpc) is 3.16. The number of nitriles is 1. The molecule has 0 saturated heterocycles. The van der Waals surface area contributed by atoms with Crippen LogP contribution in [0.2, 0.25) is 5.02 Å². The summed E-state index contributed by atoms with van der Waals surface area (Å²) in [7, 11) is 0. The first-order valence-electron chi connectivity index (χ1n) is 6.24. The van der Waals surface area contributed by atoms with Gasteiger partial charge in [0.25, 0.3) is 0 Å². The van der Waals surface area contributed by atoms with Crippen LogP contribution in [0, 0.1) is 23.2 Å². The van der Waals surface area contributed by atoms with E-state index < -0.39 is 0 Å². The second-order valence-electron chi connectivity index (χ2n) is 5.12. The third-order valence-electron chi connectivity index (χ3n) is 3.71. The molecular formula is C14H15ClN2. The van der Waals surface area contributed by atoms with E-state index in [2.05, 4.69) is 11.4 Å². The van der Waals surface area contributed by atoms with Crippen molar-refractivity contribution < 1.29 is 0 Å². The summed E-state index contributed by atoms with van der Waals surface area (Å²) in [6.07, 6.45) is 5.32. The summed E-state index contributed by atoms with van der Waals surface area (Å²) < 4.78 is 0. The molecule has 0 atom stereocenters. The zero-order valence-electron chi connectivity index (χ0n) is 9.62. The van der Waals surface area contributed by atoms with Crippen molar-refractivity contribution in [1.82, 2.24) is 0 Å². The molecule has 1 N–H and O–H groups in total. The summed E-state index contributed by atoms with van der Waals surface area (Å²) in [5.41, 5.74) is 1.49. The van der Waals surface area contributed by atoms with Crippen molar-refractivity contribution in [1.29, 1.82) is 5.26 Å². The van der Waals surface area contributed by atoms with Gasteiger partial charge >= 0.3 is 0 Å². The quantitative estimate of drug-likeness (QED) is 0.877. The SMILES string of the molecule is N#Cc1c(Cl)cccc1NC(C1CC1)C1CC1. The first-order chi connectivity index (χ1) is 8.29. The van der Waals surface area contributed by atoms with Crippen LogP contribution in [-0.2, 0) is 0 Å². The molecule has 88 valence electrons. The molecule has 0 radical (unpaired) electrons. The van der Waals surface area contributed by atoms with Gasteiger partial charge in [-0.2, -0.15) is 5.26 Å². The molecule has 17 heavy (non-hydrogen) atoms. The van der Waals surface area contributed by atoms with Gasteiger partial charge in [-0.1, -0.05) is 17.7 Å². The van der Waals surface area contributed by atoms with E-state index in [-0.39, 0.29) is 0 Å². The molecule has 0 bridgehead atoms. The largest absolute Gasteiger partial charge is 0.381 e. The lowest BCUT2D eigenvalue weighted by Gasteiger charge is -2.20. The summed E-state index contributed by atoms with van der Waals surface area (Å²) in [6.45, 7) is 0. The van der Waals surface area contributed by atoms with Gasteiger partial charge in [0.15, 0.2) is 0 Å². The first kappa shape index (κ1) is 10.9. The van der Waals surface area contributed by atoms with Crippen LogP contribution in [0.5, 0.6) is 0 Å². The highest BCUT2D eigenvalue weighted by Crippen LogP contribution is 2.46. The molecule has 1 aromatic rings. The molecule has 3 rings (SSSR count). The Morgan fingerprint density at radius 3 is 2.41 bits per heavy atom. The van der Waals surface area contributed by atoms with Crippen molar-refractivity contribution in [3.05, 3.63) is 28.8 Å². The highest BCUT2D eigenvalue weighted by atomic mass is 35.5. The van der Waals surface area contributed by atoms with Gasteiger partial charge < -0.3 is 5.32 Å². The molecule has 2 aliphatic rings. The average molecular weight is 247 g/mol. The zero-order valence-corrected chi connectivity index (χ0v) is 10.4. The third kappa shape index (κ3) is 2.25. The lowest BCUT2D eigenvalue weighted by molar-refractivity contribution is 0.567. The monoisotopic (exact) mass is 246 g/mol. The van der Waals surface area contributed by atoms with Gasteiger partial charge in [0.1, 0.15) is 6.07 Å². The first-order valence-corrected chi connectivity index (χ1v) is 6.62. The Balaban J connectivity index is 1.84. The number of anilines is 1. The van der Waals surface area contributed by atoms with Crippen molar-refractivity contribution >= 4 is 17.3 Å². The fourth-order valence-electron chi connectivity index (χ4n) is 2.47. The van der Waals surface area contributed by atoms with Gasteiger partial charge in [-0.25, -0.2) is 0 Å². The normalized spacial score (nSPS) is 19.1. The van der Waals surface area contributed by atoms with Gasteiger partial charge in [0, 0.05) is 6.04 Å². The van der Waals surface area contributed by atoms with Crippen LogP contribution < -0.4 is 5.32 Å². The molecule has 0 heterocycles. The predicted molar refractivity (Wildman–Crippen MR) is 69.0 cm³/mol. The molecule has 0 aliphatic heterocycles. The molecule has 3 heteroatoms. The van der Waals surface area contributed by atoms with Gasteiger partial charge in [0.05, 0.1) is 16.3 Å². The molecule has 0 spiro atoms. The minimum Gasteiger partial charge on any atom is -0.381 e. The summed E-state index contributed by atoms with van der Waals surface area (Å²) in [5, 5.41) is 13.2. The highest BCUT2D eigenvalue weighted by molar-refractivity contribution is 6.32. The molecule has 2 nitrogen and oxygen atoms in total. The van der Waals surface area contributed by atoms with E-state index in [1.165, 1.54) is 25.7 Å². The Labute approximate surface area is 107 Å². The topological polar surface area (TPSA) is 35.8 Å². The molecule has 2 aliphatic carbocycles. The molecule has 0 amide bonds. The molecular weight excluding hydrogens is 232 g/mol. The highest BCUT2D eigenvalue weighted by Gasteiger charge is 2.41. The second-order valence-corrected chi connectivity index (χ2v) is 5.53.